The number of nitrogens with one attached hydrogen (secondary N) is 2. The summed E-state index contributed by atoms with van der Waals surface area (Å²) in [6.07, 6.45) is -9.33. The van der Waals surface area contributed by atoms with Gasteiger partial charge in [-0.05, 0) is 43.5 Å². The van der Waals surface area contributed by atoms with Gasteiger partial charge in [-0.2, -0.15) is 26.3 Å². The number of nitrogens with zero attached hydrogens (tertiary/aromatic N) is 2. The van der Waals surface area contributed by atoms with Crippen LogP contribution in [0.3, 0.4) is 0 Å². The first-order chi connectivity index (χ1) is 18.2. The highest BCUT2D eigenvalue weighted by atomic mass is 19.4. The minimum atomic E-state index is -5.17. The highest BCUT2D eigenvalue weighted by molar-refractivity contribution is 5.79. The first kappa shape index (κ1) is 28.1. The van der Waals surface area contributed by atoms with E-state index >= 15 is 4.39 Å². The van der Waals surface area contributed by atoms with Gasteiger partial charge in [0, 0.05) is 42.9 Å². The predicted molar refractivity (Wildman–Crippen MR) is 128 cm³/mol. The van der Waals surface area contributed by atoms with Crippen LogP contribution in [0, 0.1) is 18.7 Å². The Bertz CT molecular complexity index is 1430. The van der Waals surface area contributed by atoms with Gasteiger partial charge in [0.15, 0.2) is 5.69 Å². The third-order valence-corrected chi connectivity index (χ3v) is 6.48. The van der Waals surface area contributed by atoms with Gasteiger partial charge in [-0.15, -0.1) is 0 Å². The molecule has 0 atom stereocenters. The lowest BCUT2D eigenvalue weighted by atomic mass is 9.95. The quantitative estimate of drug-likeness (QED) is 0.410. The van der Waals surface area contributed by atoms with Gasteiger partial charge in [0.25, 0.3) is 5.56 Å². The van der Waals surface area contributed by atoms with Crippen LogP contribution in [0.2, 0.25) is 0 Å². The molecule has 1 fully saturated rings. The Hall–Kier alpha value is -3.90. The van der Waals surface area contributed by atoms with E-state index in [1.165, 1.54) is 0 Å². The molecular formula is C26H23F7N4O2. The zero-order chi connectivity index (χ0) is 28.5. The molecule has 4 rings (SSSR count). The summed E-state index contributed by atoms with van der Waals surface area (Å²) >= 11 is 0. The normalized spacial score (nSPS) is 14.9. The summed E-state index contributed by atoms with van der Waals surface area (Å²) in [5.74, 6) is -3.62. The van der Waals surface area contributed by atoms with Gasteiger partial charge in [-0.1, -0.05) is 18.2 Å². The molecule has 2 N–H and O–H groups in total. The van der Waals surface area contributed by atoms with Gasteiger partial charge >= 0.3 is 12.4 Å². The smallest absolute Gasteiger partial charge is 0.371 e. The Morgan fingerprint density at radius 2 is 1.74 bits per heavy atom. The number of H-pyrrole nitrogens is 1. The molecule has 0 aliphatic carbocycles. The van der Waals surface area contributed by atoms with E-state index in [4.69, 9.17) is 0 Å². The summed E-state index contributed by atoms with van der Waals surface area (Å²) in [5.41, 5.74) is -4.45. The van der Waals surface area contributed by atoms with Crippen LogP contribution in [0.4, 0.5) is 36.4 Å². The van der Waals surface area contributed by atoms with Crippen molar-refractivity contribution in [1.29, 1.82) is 0 Å². The van der Waals surface area contributed by atoms with Crippen molar-refractivity contribution in [2.75, 3.05) is 18.0 Å². The fourth-order valence-corrected chi connectivity index (χ4v) is 4.50. The standard InChI is InChI=1S/C26H23F7N4O2/c1-14-3-2-4-17(11-14)37-9-7-15(8-10-37)24(39)34-13-16-5-6-18(25(28,29)30)21(22(16)27)23-35-19(26(31,32)33)12-20(38)36-23/h2-6,11-12,15H,7-10,13H2,1H3,(H,34,39)(H,35,36,38). The number of alkyl halides is 6. The molecule has 2 aromatic carbocycles. The second kappa shape index (κ2) is 10.7. The molecule has 1 aliphatic heterocycles. The first-order valence-electron chi connectivity index (χ1n) is 11.9. The minimum Gasteiger partial charge on any atom is -0.371 e. The van der Waals surface area contributed by atoms with Gasteiger partial charge in [0.05, 0.1) is 11.1 Å². The number of piperidine rings is 1. The maximum atomic E-state index is 15.4. The van der Waals surface area contributed by atoms with Crippen molar-refractivity contribution in [1.82, 2.24) is 15.3 Å². The van der Waals surface area contributed by atoms with Crippen LogP contribution in [0.1, 0.15) is 35.2 Å². The molecule has 0 radical (unpaired) electrons. The molecule has 2 heterocycles. The van der Waals surface area contributed by atoms with Crippen LogP contribution in [0.25, 0.3) is 11.4 Å². The molecule has 3 aromatic rings. The van der Waals surface area contributed by atoms with Crippen molar-refractivity contribution in [2.24, 2.45) is 5.92 Å². The number of hydrogen-bond acceptors (Lipinski definition) is 4. The maximum Gasteiger partial charge on any atom is 0.433 e. The summed E-state index contributed by atoms with van der Waals surface area (Å²) in [6, 6.07) is 9.21. The van der Waals surface area contributed by atoms with E-state index in [1.54, 1.807) is 4.98 Å². The average Bonchev–Trinajstić information content (AvgIpc) is 2.86. The largest absolute Gasteiger partial charge is 0.433 e. The number of anilines is 1. The number of aryl methyl sites for hydroxylation is 1. The molecule has 1 aromatic heterocycles. The topological polar surface area (TPSA) is 78.1 Å². The van der Waals surface area contributed by atoms with Gasteiger partial charge < -0.3 is 15.2 Å². The molecule has 208 valence electrons. The van der Waals surface area contributed by atoms with Crippen LogP contribution >= 0.6 is 0 Å². The fraction of sp³-hybridized carbons (Fsp3) is 0.346. The Balaban J connectivity index is 1.54. The van der Waals surface area contributed by atoms with Gasteiger partial charge in [-0.25, -0.2) is 9.37 Å². The SMILES string of the molecule is Cc1cccc(N2CCC(C(=O)NCc3ccc(C(F)(F)F)c(-c4nc(C(F)(F)F)cc(=O)[nH]4)c3F)CC2)c1. The van der Waals surface area contributed by atoms with Crippen LogP contribution in [0.5, 0.6) is 0 Å². The van der Waals surface area contributed by atoms with Crippen LogP contribution in [-0.2, 0) is 23.7 Å². The Morgan fingerprint density at radius 1 is 1.05 bits per heavy atom. The Morgan fingerprint density at radius 3 is 2.36 bits per heavy atom. The molecule has 0 unspecified atom stereocenters. The monoisotopic (exact) mass is 556 g/mol. The van der Waals surface area contributed by atoms with Gasteiger partial charge in [0.1, 0.15) is 11.6 Å². The van der Waals surface area contributed by atoms with Crippen molar-refractivity contribution in [3.05, 3.63) is 81.0 Å². The molecular weight excluding hydrogens is 533 g/mol. The molecule has 6 nitrogen and oxygen atoms in total. The van der Waals surface area contributed by atoms with Crippen LogP contribution < -0.4 is 15.8 Å². The Kier molecular flexibility index (Phi) is 7.71. The third kappa shape index (κ3) is 6.40. The lowest BCUT2D eigenvalue weighted by Crippen LogP contribution is -2.40. The van der Waals surface area contributed by atoms with Crippen molar-refractivity contribution in [3.63, 3.8) is 0 Å². The zero-order valence-electron chi connectivity index (χ0n) is 20.5. The summed E-state index contributed by atoms with van der Waals surface area (Å²) < 4.78 is 95.6. The number of aromatic nitrogens is 2. The third-order valence-electron chi connectivity index (χ3n) is 6.48. The lowest BCUT2D eigenvalue weighted by Gasteiger charge is -2.33. The predicted octanol–water partition coefficient (Wildman–Crippen LogP) is 5.45. The van der Waals surface area contributed by atoms with E-state index in [2.05, 4.69) is 15.2 Å². The van der Waals surface area contributed by atoms with Gasteiger partial charge in [-0.3, -0.25) is 9.59 Å². The van der Waals surface area contributed by atoms with Crippen molar-refractivity contribution in [2.45, 2.75) is 38.7 Å². The van der Waals surface area contributed by atoms with Crippen molar-refractivity contribution in [3.8, 4) is 11.4 Å². The minimum absolute atomic E-state index is 0.0585. The molecule has 1 amide bonds. The number of benzene rings is 2. The maximum absolute atomic E-state index is 15.4. The highest BCUT2D eigenvalue weighted by Crippen LogP contribution is 2.39. The highest BCUT2D eigenvalue weighted by Gasteiger charge is 2.38. The molecule has 0 saturated carbocycles. The zero-order valence-corrected chi connectivity index (χ0v) is 20.5. The van der Waals surface area contributed by atoms with Crippen LogP contribution in [-0.4, -0.2) is 29.0 Å². The lowest BCUT2D eigenvalue weighted by molar-refractivity contribution is -0.141. The molecule has 13 heteroatoms. The number of hydrogen-bond donors (Lipinski definition) is 2. The number of aromatic amines is 1. The fourth-order valence-electron chi connectivity index (χ4n) is 4.50. The van der Waals surface area contributed by atoms with Crippen molar-refractivity contribution >= 4 is 11.6 Å². The Labute approximate surface area is 217 Å². The number of amides is 1. The van der Waals surface area contributed by atoms with E-state index in [9.17, 15) is 35.9 Å². The molecule has 1 saturated heterocycles. The molecule has 0 bridgehead atoms. The van der Waals surface area contributed by atoms with E-state index in [0.717, 1.165) is 17.3 Å². The molecule has 1 aliphatic rings. The molecule has 0 spiro atoms. The van der Waals surface area contributed by atoms with E-state index in [1.807, 2.05) is 31.2 Å². The number of halogens is 7. The number of carbonyl (C=O) groups excluding carboxylic acids is 1. The van der Waals surface area contributed by atoms with Gasteiger partial charge in [0.2, 0.25) is 5.91 Å². The summed E-state index contributed by atoms with van der Waals surface area (Å²) in [4.78, 5) is 31.4. The summed E-state index contributed by atoms with van der Waals surface area (Å²) in [7, 11) is 0. The first-order valence-corrected chi connectivity index (χ1v) is 11.9. The summed E-state index contributed by atoms with van der Waals surface area (Å²) in [5, 5.41) is 2.51. The second-order valence-electron chi connectivity index (χ2n) is 9.25. The van der Waals surface area contributed by atoms with Crippen molar-refractivity contribution < 1.29 is 35.5 Å². The number of carbonyl (C=O) groups is 1. The summed E-state index contributed by atoms with van der Waals surface area (Å²) in [6.45, 7) is 2.64. The van der Waals surface area contributed by atoms with E-state index < -0.39 is 70.3 Å². The second-order valence-corrected chi connectivity index (χ2v) is 9.25. The van der Waals surface area contributed by atoms with E-state index in [-0.39, 0.29) is 6.07 Å². The number of rotatable bonds is 5. The average molecular weight is 556 g/mol. The molecule has 39 heavy (non-hydrogen) atoms. The van der Waals surface area contributed by atoms with Crippen LogP contribution in [0.15, 0.2) is 47.3 Å². The van der Waals surface area contributed by atoms with E-state index in [0.29, 0.717) is 32.0 Å².